The number of nitrogens with one attached hydrogen (secondary N) is 1. The predicted octanol–water partition coefficient (Wildman–Crippen LogP) is 2.64. The normalized spacial score (nSPS) is 10.8. The first-order valence-corrected chi connectivity index (χ1v) is 6.46. The van der Waals surface area contributed by atoms with Crippen LogP contribution in [-0.2, 0) is 6.42 Å². The van der Waals surface area contributed by atoms with E-state index >= 15 is 0 Å². The van der Waals surface area contributed by atoms with Crippen molar-refractivity contribution in [3.05, 3.63) is 47.3 Å². The van der Waals surface area contributed by atoms with Crippen LogP contribution in [0.25, 0.3) is 5.69 Å². The highest BCUT2D eigenvalue weighted by Crippen LogP contribution is 2.16. The Balaban J connectivity index is 2.16. The fraction of sp³-hybridized carbons (Fsp3) is 0.400. The van der Waals surface area contributed by atoms with Crippen molar-refractivity contribution in [2.75, 3.05) is 13.6 Å². The third-order valence-electron chi connectivity index (χ3n) is 3.14. The first-order valence-electron chi connectivity index (χ1n) is 6.46. The lowest BCUT2D eigenvalue weighted by Gasteiger charge is -2.06. The highest BCUT2D eigenvalue weighted by atomic mass is 15.3. The maximum atomic E-state index is 4.46. The number of nitrogens with zero attached hydrogens (tertiary/aromatic N) is 2. The molecule has 0 saturated heterocycles. The minimum Gasteiger partial charge on any atom is -0.320 e. The third-order valence-corrected chi connectivity index (χ3v) is 3.14. The molecule has 0 radical (unpaired) electrons. The van der Waals surface area contributed by atoms with Gasteiger partial charge in [-0.1, -0.05) is 12.1 Å². The molecule has 0 atom stereocenters. The summed E-state index contributed by atoms with van der Waals surface area (Å²) in [6.07, 6.45) is 6.33. The van der Waals surface area contributed by atoms with E-state index in [-0.39, 0.29) is 0 Å². The van der Waals surface area contributed by atoms with Crippen LogP contribution in [0.1, 0.15) is 23.1 Å². The van der Waals surface area contributed by atoms with Crippen LogP contribution in [0.3, 0.4) is 0 Å². The molecule has 0 saturated carbocycles. The van der Waals surface area contributed by atoms with Gasteiger partial charge in [0.2, 0.25) is 0 Å². The number of hydrogen-bond donors (Lipinski definition) is 1. The summed E-state index contributed by atoms with van der Waals surface area (Å²) >= 11 is 0. The second-order valence-corrected chi connectivity index (χ2v) is 4.79. The van der Waals surface area contributed by atoms with E-state index in [0.29, 0.717) is 0 Å². The van der Waals surface area contributed by atoms with Crippen LogP contribution in [0.4, 0.5) is 0 Å². The summed E-state index contributed by atoms with van der Waals surface area (Å²) in [5.41, 5.74) is 4.99. The van der Waals surface area contributed by atoms with Crippen LogP contribution in [0, 0.1) is 13.8 Å². The number of aryl methyl sites for hydroxylation is 3. The van der Waals surface area contributed by atoms with Crippen molar-refractivity contribution in [1.29, 1.82) is 0 Å². The van der Waals surface area contributed by atoms with E-state index in [1.807, 2.05) is 17.9 Å². The zero-order valence-corrected chi connectivity index (χ0v) is 11.4. The van der Waals surface area contributed by atoms with Gasteiger partial charge in [0.05, 0.1) is 11.9 Å². The smallest absolute Gasteiger partial charge is 0.0677 e. The van der Waals surface area contributed by atoms with Crippen molar-refractivity contribution in [3.63, 3.8) is 0 Å². The van der Waals surface area contributed by atoms with Crippen molar-refractivity contribution < 1.29 is 0 Å². The average molecular weight is 243 g/mol. The standard InChI is InChI=1S/C15H21N3/c1-12-6-7-13(2)15(9-12)18-11-14(10-17-18)5-4-8-16-3/h6-7,9-11,16H,4-5,8H2,1-3H3. The van der Waals surface area contributed by atoms with Crippen LogP contribution >= 0.6 is 0 Å². The van der Waals surface area contributed by atoms with Gasteiger partial charge in [-0.2, -0.15) is 5.10 Å². The molecule has 0 aliphatic rings. The van der Waals surface area contributed by atoms with Gasteiger partial charge in [0.15, 0.2) is 0 Å². The van der Waals surface area contributed by atoms with Gasteiger partial charge in [0.1, 0.15) is 0 Å². The maximum Gasteiger partial charge on any atom is 0.0677 e. The summed E-state index contributed by atoms with van der Waals surface area (Å²) in [4.78, 5) is 0. The molecular formula is C15H21N3. The molecule has 0 amide bonds. The van der Waals surface area contributed by atoms with Crippen molar-refractivity contribution in [2.45, 2.75) is 26.7 Å². The lowest BCUT2D eigenvalue weighted by atomic mass is 10.1. The predicted molar refractivity (Wildman–Crippen MR) is 75.3 cm³/mol. The number of hydrogen-bond acceptors (Lipinski definition) is 2. The molecule has 2 aromatic rings. The molecule has 0 aliphatic heterocycles. The van der Waals surface area contributed by atoms with Crippen LogP contribution in [0.5, 0.6) is 0 Å². The molecule has 3 nitrogen and oxygen atoms in total. The van der Waals surface area contributed by atoms with E-state index in [1.165, 1.54) is 22.4 Å². The zero-order valence-electron chi connectivity index (χ0n) is 11.4. The van der Waals surface area contributed by atoms with Crippen molar-refractivity contribution in [3.8, 4) is 5.69 Å². The van der Waals surface area contributed by atoms with Gasteiger partial charge in [-0.15, -0.1) is 0 Å². The summed E-state index contributed by atoms with van der Waals surface area (Å²) in [6.45, 7) is 5.28. The fourth-order valence-electron chi connectivity index (χ4n) is 2.06. The molecule has 0 aliphatic carbocycles. The van der Waals surface area contributed by atoms with Crippen LogP contribution < -0.4 is 5.32 Å². The first-order chi connectivity index (χ1) is 8.70. The highest BCUT2D eigenvalue weighted by molar-refractivity contribution is 5.42. The summed E-state index contributed by atoms with van der Waals surface area (Å²) in [5, 5.41) is 7.63. The second-order valence-electron chi connectivity index (χ2n) is 4.79. The Labute approximate surface area is 109 Å². The van der Waals surface area contributed by atoms with Crippen molar-refractivity contribution in [2.24, 2.45) is 0 Å². The molecule has 1 N–H and O–H groups in total. The highest BCUT2D eigenvalue weighted by Gasteiger charge is 2.04. The van der Waals surface area contributed by atoms with Gasteiger partial charge in [0.25, 0.3) is 0 Å². The van der Waals surface area contributed by atoms with Gasteiger partial charge in [0, 0.05) is 6.20 Å². The molecule has 18 heavy (non-hydrogen) atoms. The molecule has 0 bridgehead atoms. The lowest BCUT2D eigenvalue weighted by molar-refractivity contribution is 0.724. The van der Waals surface area contributed by atoms with E-state index in [0.717, 1.165) is 19.4 Å². The maximum absolute atomic E-state index is 4.46. The molecule has 0 unspecified atom stereocenters. The molecular weight excluding hydrogens is 222 g/mol. The second kappa shape index (κ2) is 5.83. The van der Waals surface area contributed by atoms with E-state index in [1.54, 1.807) is 0 Å². The Bertz CT molecular complexity index is 514. The minimum absolute atomic E-state index is 1.05. The van der Waals surface area contributed by atoms with Crippen LogP contribution in [0.15, 0.2) is 30.6 Å². The van der Waals surface area contributed by atoms with Gasteiger partial charge in [-0.05, 0) is 63.0 Å². The van der Waals surface area contributed by atoms with Gasteiger partial charge < -0.3 is 5.32 Å². The summed E-state index contributed by atoms with van der Waals surface area (Å²) in [7, 11) is 1.99. The number of aromatic nitrogens is 2. The monoisotopic (exact) mass is 243 g/mol. The first kappa shape index (κ1) is 12.8. The van der Waals surface area contributed by atoms with E-state index in [2.05, 4.69) is 48.7 Å². The summed E-state index contributed by atoms with van der Waals surface area (Å²) < 4.78 is 1.98. The molecule has 0 fully saturated rings. The Morgan fingerprint density at radius 2 is 2.11 bits per heavy atom. The SMILES string of the molecule is CNCCCc1cnn(-c2cc(C)ccc2C)c1. The summed E-state index contributed by atoms with van der Waals surface area (Å²) in [6, 6.07) is 6.46. The summed E-state index contributed by atoms with van der Waals surface area (Å²) in [5.74, 6) is 0. The number of benzene rings is 1. The molecule has 96 valence electrons. The van der Waals surface area contributed by atoms with Crippen LogP contribution in [0.2, 0.25) is 0 Å². The van der Waals surface area contributed by atoms with Crippen molar-refractivity contribution >= 4 is 0 Å². The molecule has 1 aromatic heterocycles. The Kier molecular flexibility index (Phi) is 4.15. The molecule has 2 rings (SSSR count). The third kappa shape index (κ3) is 2.99. The van der Waals surface area contributed by atoms with E-state index < -0.39 is 0 Å². The molecule has 0 spiro atoms. The largest absolute Gasteiger partial charge is 0.320 e. The topological polar surface area (TPSA) is 29.9 Å². The number of rotatable bonds is 5. The Hall–Kier alpha value is -1.61. The van der Waals surface area contributed by atoms with Crippen LogP contribution in [-0.4, -0.2) is 23.4 Å². The van der Waals surface area contributed by atoms with E-state index in [9.17, 15) is 0 Å². The average Bonchev–Trinajstić information content (AvgIpc) is 2.81. The Morgan fingerprint density at radius 1 is 1.28 bits per heavy atom. The van der Waals surface area contributed by atoms with Gasteiger partial charge in [-0.3, -0.25) is 0 Å². The quantitative estimate of drug-likeness (QED) is 0.818. The molecule has 1 aromatic carbocycles. The Morgan fingerprint density at radius 3 is 2.89 bits per heavy atom. The molecule has 3 heteroatoms. The fourth-order valence-corrected chi connectivity index (χ4v) is 2.06. The van der Waals surface area contributed by atoms with Crippen molar-refractivity contribution in [1.82, 2.24) is 15.1 Å². The molecule has 1 heterocycles. The van der Waals surface area contributed by atoms with Gasteiger partial charge in [-0.25, -0.2) is 4.68 Å². The lowest BCUT2D eigenvalue weighted by Crippen LogP contribution is -2.08. The van der Waals surface area contributed by atoms with E-state index in [4.69, 9.17) is 0 Å². The minimum atomic E-state index is 1.05. The van der Waals surface area contributed by atoms with Gasteiger partial charge >= 0.3 is 0 Å². The zero-order chi connectivity index (χ0) is 13.0.